The molecule has 0 fully saturated rings. The Bertz CT molecular complexity index is 826. The Labute approximate surface area is 126 Å². The number of anilines is 1. The zero-order chi connectivity index (χ0) is 15.9. The van der Waals surface area contributed by atoms with Crippen molar-refractivity contribution in [2.75, 3.05) is 12.4 Å². The SMILES string of the molecule is CNC(C(=O)Nc1[nH]nc2c1c(C)nn2C)c1cnn(C)c1. The molecule has 3 aromatic rings. The zero-order valence-corrected chi connectivity index (χ0v) is 12.9. The van der Waals surface area contributed by atoms with Crippen LogP contribution in [0.2, 0.25) is 0 Å². The number of carbonyl (C=O) groups excluding carboxylic acids is 1. The van der Waals surface area contributed by atoms with Crippen LogP contribution in [0.3, 0.4) is 0 Å². The number of fused-ring (bicyclic) bond motifs is 1. The normalized spacial score (nSPS) is 12.7. The van der Waals surface area contributed by atoms with E-state index in [9.17, 15) is 4.79 Å². The first-order valence-corrected chi connectivity index (χ1v) is 6.85. The van der Waals surface area contributed by atoms with Gasteiger partial charge in [-0.3, -0.25) is 14.6 Å². The molecule has 9 nitrogen and oxygen atoms in total. The number of H-pyrrole nitrogens is 1. The van der Waals surface area contributed by atoms with E-state index in [4.69, 9.17) is 0 Å². The Morgan fingerprint density at radius 2 is 2.18 bits per heavy atom. The van der Waals surface area contributed by atoms with E-state index in [2.05, 4.69) is 31.0 Å². The minimum atomic E-state index is -0.496. The molecule has 0 aliphatic carbocycles. The Hall–Kier alpha value is -2.68. The molecule has 3 N–H and O–H groups in total. The number of aryl methyl sites for hydroxylation is 3. The summed E-state index contributed by atoms with van der Waals surface area (Å²) in [5.74, 6) is 0.360. The molecule has 3 rings (SSSR count). The molecule has 1 amide bonds. The van der Waals surface area contributed by atoms with Gasteiger partial charge in [-0.1, -0.05) is 0 Å². The molecule has 0 saturated heterocycles. The van der Waals surface area contributed by atoms with Gasteiger partial charge in [0.25, 0.3) is 0 Å². The maximum atomic E-state index is 12.5. The highest BCUT2D eigenvalue weighted by Crippen LogP contribution is 2.24. The molecule has 22 heavy (non-hydrogen) atoms. The van der Waals surface area contributed by atoms with E-state index in [0.29, 0.717) is 11.5 Å². The summed E-state index contributed by atoms with van der Waals surface area (Å²) in [5.41, 5.74) is 2.31. The van der Waals surface area contributed by atoms with Crippen molar-refractivity contribution >= 4 is 22.8 Å². The third kappa shape index (κ3) is 2.25. The number of nitrogens with one attached hydrogen (secondary N) is 3. The minimum Gasteiger partial charge on any atom is -0.309 e. The summed E-state index contributed by atoms with van der Waals surface area (Å²) in [5, 5.41) is 22.1. The fourth-order valence-electron chi connectivity index (χ4n) is 2.56. The second-order valence-corrected chi connectivity index (χ2v) is 5.16. The van der Waals surface area contributed by atoms with Gasteiger partial charge in [-0.15, -0.1) is 0 Å². The number of likely N-dealkylation sites (N-methyl/N-ethyl adjacent to an activating group) is 1. The highest BCUT2D eigenvalue weighted by atomic mass is 16.2. The lowest BCUT2D eigenvalue weighted by Crippen LogP contribution is -2.30. The van der Waals surface area contributed by atoms with Crippen LogP contribution in [-0.4, -0.2) is 42.7 Å². The summed E-state index contributed by atoms with van der Waals surface area (Å²) in [6.07, 6.45) is 3.47. The van der Waals surface area contributed by atoms with Gasteiger partial charge in [0.2, 0.25) is 5.91 Å². The van der Waals surface area contributed by atoms with Crippen LogP contribution in [0, 0.1) is 6.92 Å². The summed E-state index contributed by atoms with van der Waals surface area (Å²) in [4.78, 5) is 12.5. The maximum absolute atomic E-state index is 12.5. The monoisotopic (exact) mass is 302 g/mol. The van der Waals surface area contributed by atoms with Crippen LogP contribution in [0.4, 0.5) is 5.82 Å². The van der Waals surface area contributed by atoms with E-state index in [-0.39, 0.29) is 5.91 Å². The van der Waals surface area contributed by atoms with Crippen molar-refractivity contribution < 1.29 is 4.79 Å². The van der Waals surface area contributed by atoms with Crippen molar-refractivity contribution in [2.24, 2.45) is 14.1 Å². The van der Waals surface area contributed by atoms with Crippen molar-refractivity contribution in [1.29, 1.82) is 0 Å². The molecule has 0 spiro atoms. The highest BCUT2D eigenvalue weighted by Gasteiger charge is 2.23. The molecule has 0 aliphatic heterocycles. The first-order valence-electron chi connectivity index (χ1n) is 6.85. The number of rotatable bonds is 4. The number of hydrogen-bond acceptors (Lipinski definition) is 5. The fraction of sp³-hybridized carbons (Fsp3) is 0.385. The summed E-state index contributed by atoms with van der Waals surface area (Å²) < 4.78 is 3.33. The Morgan fingerprint density at radius 1 is 1.41 bits per heavy atom. The van der Waals surface area contributed by atoms with Gasteiger partial charge in [-0.2, -0.15) is 15.3 Å². The van der Waals surface area contributed by atoms with Gasteiger partial charge in [0.05, 0.1) is 17.3 Å². The van der Waals surface area contributed by atoms with Gasteiger partial charge in [0, 0.05) is 25.9 Å². The topological polar surface area (TPSA) is 105 Å². The standard InChI is InChI=1S/C13H18N8O/c1-7-9-11(17-18-12(9)21(4)19-7)16-13(22)10(14-2)8-5-15-20(3)6-8/h5-6,10,14H,1-4H3,(H2,16,17,18,22). The fourth-order valence-corrected chi connectivity index (χ4v) is 2.56. The van der Waals surface area contributed by atoms with Crippen LogP contribution in [0.25, 0.3) is 11.0 Å². The van der Waals surface area contributed by atoms with Crippen LogP contribution in [-0.2, 0) is 18.9 Å². The molecular formula is C13H18N8O. The molecule has 1 atom stereocenters. The van der Waals surface area contributed by atoms with Gasteiger partial charge in [-0.05, 0) is 14.0 Å². The van der Waals surface area contributed by atoms with Crippen molar-refractivity contribution in [1.82, 2.24) is 35.1 Å². The molecule has 0 radical (unpaired) electrons. The van der Waals surface area contributed by atoms with Crippen molar-refractivity contribution in [3.63, 3.8) is 0 Å². The Kier molecular flexibility index (Phi) is 3.41. The quantitative estimate of drug-likeness (QED) is 0.640. The van der Waals surface area contributed by atoms with Crippen molar-refractivity contribution in [3.05, 3.63) is 23.7 Å². The number of amides is 1. The van der Waals surface area contributed by atoms with E-state index in [0.717, 1.165) is 16.6 Å². The molecule has 0 saturated carbocycles. The number of aromatic amines is 1. The maximum Gasteiger partial charge on any atom is 0.247 e. The molecule has 3 aromatic heterocycles. The second kappa shape index (κ2) is 5.26. The summed E-state index contributed by atoms with van der Waals surface area (Å²) in [6, 6.07) is -0.496. The van der Waals surface area contributed by atoms with Crippen LogP contribution in [0.15, 0.2) is 12.4 Å². The molecule has 3 heterocycles. The molecule has 0 aromatic carbocycles. The smallest absolute Gasteiger partial charge is 0.247 e. The predicted molar refractivity (Wildman–Crippen MR) is 81.2 cm³/mol. The summed E-state index contributed by atoms with van der Waals surface area (Å²) >= 11 is 0. The number of carbonyl (C=O) groups is 1. The van der Waals surface area contributed by atoms with Crippen molar-refractivity contribution in [2.45, 2.75) is 13.0 Å². The van der Waals surface area contributed by atoms with Crippen LogP contribution >= 0.6 is 0 Å². The van der Waals surface area contributed by atoms with E-state index < -0.39 is 6.04 Å². The van der Waals surface area contributed by atoms with Gasteiger partial charge in [-0.25, -0.2) is 4.68 Å². The lowest BCUT2D eigenvalue weighted by molar-refractivity contribution is -0.118. The van der Waals surface area contributed by atoms with Crippen LogP contribution < -0.4 is 10.6 Å². The molecule has 9 heteroatoms. The van der Waals surface area contributed by atoms with Crippen LogP contribution in [0.5, 0.6) is 0 Å². The summed E-state index contributed by atoms with van der Waals surface area (Å²) in [6.45, 7) is 1.88. The highest BCUT2D eigenvalue weighted by molar-refractivity contribution is 6.02. The third-order valence-electron chi connectivity index (χ3n) is 3.57. The lowest BCUT2D eigenvalue weighted by Gasteiger charge is -2.13. The predicted octanol–water partition coefficient (Wildman–Crippen LogP) is 0.238. The van der Waals surface area contributed by atoms with E-state index in [1.807, 2.05) is 21.0 Å². The average molecular weight is 302 g/mol. The van der Waals surface area contributed by atoms with Gasteiger partial charge in [0.1, 0.15) is 11.9 Å². The second-order valence-electron chi connectivity index (χ2n) is 5.16. The number of aromatic nitrogens is 6. The summed E-state index contributed by atoms with van der Waals surface area (Å²) in [7, 11) is 5.36. The molecule has 116 valence electrons. The minimum absolute atomic E-state index is 0.190. The number of nitrogens with zero attached hydrogens (tertiary/aromatic N) is 5. The molecule has 0 bridgehead atoms. The van der Waals surface area contributed by atoms with Gasteiger partial charge in [0.15, 0.2) is 5.65 Å². The molecular weight excluding hydrogens is 284 g/mol. The third-order valence-corrected chi connectivity index (χ3v) is 3.57. The largest absolute Gasteiger partial charge is 0.309 e. The zero-order valence-electron chi connectivity index (χ0n) is 12.9. The Balaban J connectivity index is 1.89. The number of hydrogen-bond donors (Lipinski definition) is 3. The van der Waals surface area contributed by atoms with E-state index >= 15 is 0 Å². The van der Waals surface area contributed by atoms with Gasteiger partial charge < -0.3 is 10.6 Å². The Morgan fingerprint density at radius 3 is 2.82 bits per heavy atom. The van der Waals surface area contributed by atoms with E-state index in [1.54, 1.807) is 28.8 Å². The van der Waals surface area contributed by atoms with Crippen LogP contribution in [0.1, 0.15) is 17.3 Å². The van der Waals surface area contributed by atoms with Crippen molar-refractivity contribution in [3.8, 4) is 0 Å². The van der Waals surface area contributed by atoms with Gasteiger partial charge >= 0.3 is 0 Å². The first kappa shape index (κ1) is 14.3. The first-order chi connectivity index (χ1) is 10.5. The van der Waals surface area contributed by atoms with E-state index in [1.165, 1.54) is 0 Å². The molecule has 1 unspecified atom stereocenters. The average Bonchev–Trinajstić information content (AvgIpc) is 3.12. The molecule has 0 aliphatic rings. The lowest BCUT2D eigenvalue weighted by atomic mass is 10.1.